The standard InChI is InChI=1S/C5H10O2S/c1-2-6-4-7-5-8-3-1/h1-5H2. The van der Waals surface area contributed by atoms with Gasteiger partial charge in [0, 0.05) is 0 Å². The second-order valence-electron chi connectivity index (χ2n) is 1.61. The van der Waals surface area contributed by atoms with Crippen LogP contribution in [0.1, 0.15) is 6.42 Å². The molecule has 0 unspecified atom stereocenters. The Morgan fingerprint density at radius 3 is 3.25 bits per heavy atom. The molecule has 0 N–H and O–H groups in total. The maximum atomic E-state index is 5.04. The Kier molecular flexibility index (Phi) is 3.34. The summed E-state index contributed by atoms with van der Waals surface area (Å²) in [6.45, 7) is 1.33. The first kappa shape index (κ1) is 6.39. The van der Waals surface area contributed by atoms with Crippen LogP contribution in [0.3, 0.4) is 0 Å². The zero-order chi connectivity index (χ0) is 5.66. The van der Waals surface area contributed by atoms with Crippen molar-refractivity contribution in [3.63, 3.8) is 0 Å². The van der Waals surface area contributed by atoms with Gasteiger partial charge in [-0.15, -0.1) is 11.8 Å². The molecule has 0 aromatic heterocycles. The van der Waals surface area contributed by atoms with E-state index in [-0.39, 0.29) is 0 Å². The third kappa shape index (κ3) is 2.55. The van der Waals surface area contributed by atoms with Crippen molar-refractivity contribution in [1.29, 1.82) is 0 Å². The molecular formula is C5H10O2S. The predicted octanol–water partition coefficient (Wildman–Crippen LogP) is 1.07. The van der Waals surface area contributed by atoms with Crippen molar-refractivity contribution >= 4 is 11.8 Å². The average Bonchev–Trinajstić information content (AvgIpc) is 1.62. The van der Waals surface area contributed by atoms with Gasteiger partial charge in [0.1, 0.15) is 6.79 Å². The number of thioether (sulfide) groups is 1. The number of hydrogen-bond acceptors (Lipinski definition) is 3. The lowest BCUT2D eigenvalue weighted by atomic mass is 10.5. The Bertz CT molecular complexity index is 34.4. The SMILES string of the molecule is C1COCOCSC1. The molecule has 0 amide bonds. The van der Waals surface area contributed by atoms with Crippen molar-refractivity contribution in [2.45, 2.75) is 6.42 Å². The smallest absolute Gasteiger partial charge is 0.147 e. The minimum atomic E-state index is 0.479. The van der Waals surface area contributed by atoms with E-state index in [1.807, 2.05) is 11.8 Å². The summed E-state index contributed by atoms with van der Waals surface area (Å²) in [6.07, 6.45) is 1.16. The lowest BCUT2D eigenvalue weighted by Gasteiger charge is -2.08. The summed E-state index contributed by atoms with van der Waals surface area (Å²) in [5.41, 5.74) is 0. The van der Waals surface area contributed by atoms with Gasteiger partial charge in [-0.1, -0.05) is 0 Å². The van der Waals surface area contributed by atoms with Crippen molar-refractivity contribution in [2.24, 2.45) is 0 Å². The Balaban J connectivity index is 2.00. The molecule has 0 radical (unpaired) electrons. The van der Waals surface area contributed by atoms with Gasteiger partial charge < -0.3 is 9.47 Å². The first-order valence-corrected chi connectivity index (χ1v) is 3.89. The fourth-order valence-corrected chi connectivity index (χ4v) is 1.16. The molecule has 0 atom stereocenters. The highest BCUT2D eigenvalue weighted by Gasteiger charge is 1.94. The molecule has 0 aliphatic carbocycles. The van der Waals surface area contributed by atoms with Crippen LogP contribution in [-0.4, -0.2) is 25.1 Å². The number of hydrogen-bond donors (Lipinski definition) is 0. The molecule has 0 saturated carbocycles. The summed E-state index contributed by atoms with van der Waals surface area (Å²) < 4.78 is 10.1. The Morgan fingerprint density at radius 2 is 2.25 bits per heavy atom. The quantitative estimate of drug-likeness (QED) is 0.493. The van der Waals surface area contributed by atoms with E-state index >= 15 is 0 Å². The highest BCUT2D eigenvalue weighted by Crippen LogP contribution is 2.05. The third-order valence-electron chi connectivity index (χ3n) is 0.911. The molecule has 3 heteroatoms. The van der Waals surface area contributed by atoms with Crippen LogP contribution in [0.5, 0.6) is 0 Å². The largest absolute Gasteiger partial charge is 0.355 e. The lowest BCUT2D eigenvalue weighted by molar-refractivity contribution is -0.0382. The van der Waals surface area contributed by atoms with Gasteiger partial charge in [0.15, 0.2) is 0 Å². The highest BCUT2D eigenvalue weighted by atomic mass is 32.2. The summed E-state index contributed by atoms with van der Waals surface area (Å²) in [7, 11) is 0. The van der Waals surface area contributed by atoms with E-state index in [9.17, 15) is 0 Å². The molecule has 0 spiro atoms. The molecule has 0 bridgehead atoms. The zero-order valence-electron chi connectivity index (χ0n) is 4.76. The van der Waals surface area contributed by atoms with E-state index in [0.717, 1.165) is 19.0 Å². The molecule has 1 saturated heterocycles. The van der Waals surface area contributed by atoms with Crippen LogP contribution >= 0.6 is 11.8 Å². The minimum absolute atomic E-state index is 0.479. The van der Waals surface area contributed by atoms with E-state index in [0.29, 0.717) is 6.79 Å². The van der Waals surface area contributed by atoms with Crippen LogP contribution in [0, 0.1) is 0 Å². The van der Waals surface area contributed by atoms with Gasteiger partial charge in [0.2, 0.25) is 0 Å². The minimum Gasteiger partial charge on any atom is -0.355 e. The maximum Gasteiger partial charge on any atom is 0.147 e. The third-order valence-corrected chi connectivity index (χ3v) is 1.82. The molecule has 0 aromatic carbocycles. The van der Waals surface area contributed by atoms with Crippen LogP contribution in [0.4, 0.5) is 0 Å². The molecule has 0 aromatic rings. The van der Waals surface area contributed by atoms with Crippen molar-refractivity contribution in [3.8, 4) is 0 Å². The molecule has 1 aliphatic rings. The number of ether oxygens (including phenoxy) is 2. The van der Waals surface area contributed by atoms with Crippen LogP contribution in [0.2, 0.25) is 0 Å². The Labute approximate surface area is 53.5 Å². The van der Waals surface area contributed by atoms with Crippen molar-refractivity contribution < 1.29 is 9.47 Å². The van der Waals surface area contributed by atoms with E-state index in [1.54, 1.807) is 0 Å². The van der Waals surface area contributed by atoms with Crippen molar-refractivity contribution in [1.82, 2.24) is 0 Å². The van der Waals surface area contributed by atoms with E-state index in [4.69, 9.17) is 9.47 Å². The second kappa shape index (κ2) is 4.18. The zero-order valence-corrected chi connectivity index (χ0v) is 5.58. The predicted molar refractivity (Wildman–Crippen MR) is 33.8 cm³/mol. The van der Waals surface area contributed by atoms with Crippen LogP contribution in [0.25, 0.3) is 0 Å². The normalized spacial score (nSPS) is 24.0. The summed E-state index contributed by atoms with van der Waals surface area (Å²) in [5, 5.41) is 0. The summed E-state index contributed by atoms with van der Waals surface area (Å²) in [4.78, 5) is 0. The molecule has 1 fully saturated rings. The molecule has 1 heterocycles. The highest BCUT2D eigenvalue weighted by molar-refractivity contribution is 7.99. The molecule has 8 heavy (non-hydrogen) atoms. The molecular weight excluding hydrogens is 124 g/mol. The van der Waals surface area contributed by atoms with Gasteiger partial charge in [0.25, 0.3) is 0 Å². The fraction of sp³-hybridized carbons (Fsp3) is 1.00. The van der Waals surface area contributed by atoms with Gasteiger partial charge in [-0.3, -0.25) is 0 Å². The maximum absolute atomic E-state index is 5.04. The molecule has 48 valence electrons. The monoisotopic (exact) mass is 134 g/mol. The van der Waals surface area contributed by atoms with E-state index in [2.05, 4.69) is 0 Å². The second-order valence-corrected chi connectivity index (χ2v) is 2.66. The topological polar surface area (TPSA) is 18.5 Å². The van der Waals surface area contributed by atoms with Gasteiger partial charge in [0.05, 0.1) is 12.5 Å². The van der Waals surface area contributed by atoms with Crippen LogP contribution in [-0.2, 0) is 9.47 Å². The molecule has 1 rings (SSSR count). The van der Waals surface area contributed by atoms with E-state index < -0.39 is 0 Å². The van der Waals surface area contributed by atoms with Crippen molar-refractivity contribution in [3.05, 3.63) is 0 Å². The van der Waals surface area contributed by atoms with Gasteiger partial charge in [-0.05, 0) is 12.2 Å². The van der Waals surface area contributed by atoms with Gasteiger partial charge >= 0.3 is 0 Å². The van der Waals surface area contributed by atoms with Gasteiger partial charge in [-0.2, -0.15) is 0 Å². The summed E-state index contributed by atoms with van der Waals surface area (Å²) >= 11 is 1.83. The summed E-state index contributed by atoms with van der Waals surface area (Å²) in [5.74, 6) is 1.96. The first-order valence-electron chi connectivity index (χ1n) is 2.73. The summed E-state index contributed by atoms with van der Waals surface area (Å²) in [6, 6.07) is 0. The van der Waals surface area contributed by atoms with Crippen LogP contribution < -0.4 is 0 Å². The molecule has 2 nitrogen and oxygen atoms in total. The Morgan fingerprint density at radius 1 is 1.25 bits per heavy atom. The first-order chi connectivity index (χ1) is 4.00. The van der Waals surface area contributed by atoms with Crippen LogP contribution in [0.15, 0.2) is 0 Å². The van der Waals surface area contributed by atoms with Crippen molar-refractivity contribution in [2.75, 3.05) is 25.1 Å². The Hall–Kier alpha value is 0.270. The molecule has 1 aliphatic heterocycles. The lowest BCUT2D eigenvalue weighted by Crippen LogP contribution is -2.05. The fourth-order valence-electron chi connectivity index (χ4n) is 0.533. The van der Waals surface area contributed by atoms with Gasteiger partial charge in [-0.25, -0.2) is 0 Å². The average molecular weight is 134 g/mol. The number of rotatable bonds is 0. The van der Waals surface area contributed by atoms with E-state index in [1.165, 1.54) is 5.75 Å².